The number of phenolic OH excluding ortho intramolecular Hbond substituents is 1. The number of allylic oxidation sites excluding steroid dienone is 1. The molecular formula is C39H44ClNO9. The van der Waals surface area contributed by atoms with Crippen LogP contribution in [0.4, 0.5) is 0 Å². The van der Waals surface area contributed by atoms with Crippen LogP contribution in [0.1, 0.15) is 51.2 Å². The quantitative estimate of drug-likeness (QED) is 0.0807. The highest BCUT2D eigenvalue weighted by atomic mass is 35.5. The number of fused-ring (bicyclic) bond motifs is 1. The summed E-state index contributed by atoms with van der Waals surface area (Å²) in [5.74, 6) is -2.19. The van der Waals surface area contributed by atoms with Crippen molar-refractivity contribution in [3.8, 4) is 11.5 Å². The molecule has 1 aromatic heterocycles. The zero-order valence-corrected chi connectivity index (χ0v) is 29.4. The van der Waals surface area contributed by atoms with E-state index in [9.17, 15) is 19.5 Å². The average Bonchev–Trinajstić information content (AvgIpc) is 3.49. The Morgan fingerprint density at radius 1 is 0.980 bits per heavy atom. The van der Waals surface area contributed by atoms with E-state index in [0.29, 0.717) is 41.5 Å². The molecule has 2 heterocycles. The molecule has 266 valence electrons. The van der Waals surface area contributed by atoms with Gasteiger partial charge in [-0.2, -0.15) is 0 Å². The van der Waals surface area contributed by atoms with Gasteiger partial charge >= 0.3 is 17.6 Å². The number of aromatic hydroxyl groups is 1. The normalized spacial score (nSPS) is 15.3. The van der Waals surface area contributed by atoms with Crippen LogP contribution in [0.25, 0.3) is 11.0 Å². The second-order valence-electron chi connectivity index (χ2n) is 12.0. The number of halogens is 1. The number of hydrogen-bond acceptors (Lipinski definition) is 8. The van der Waals surface area contributed by atoms with Crippen LogP contribution in [-0.4, -0.2) is 65.0 Å². The zero-order valence-electron chi connectivity index (χ0n) is 28.7. The minimum Gasteiger partial charge on any atom is -0.504 e. The number of carboxylic acid groups (broad SMARTS) is 2. The van der Waals surface area contributed by atoms with Gasteiger partial charge in [0.25, 0.3) is 0 Å². The Hall–Kier alpha value is -4.90. The second-order valence-corrected chi connectivity index (χ2v) is 12.5. The van der Waals surface area contributed by atoms with Crippen LogP contribution < -0.4 is 10.4 Å². The van der Waals surface area contributed by atoms with Gasteiger partial charge in [-0.15, -0.1) is 0 Å². The second kappa shape index (κ2) is 19.3. The van der Waals surface area contributed by atoms with Crippen LogP contribution in [0.2, 0.25) is 5.02 Å². The lowest BCUT2D eigenvalue weighted by molar-refractivity contribution is -0.134. The molecule has 2 atom stereocenters. The molecule has 5 rings (SSSR count). The fourth-order valence-corrected chi connectivity index (χ4v) is 5.37. The Bertz CT molecular complexity index is 1800. The maximum atomic E-state index is 11.1. The number of rotatable bonds is 11. The molecule has 11 heteroatoms. The molecule has 0 aliphatic carbocycles. The maximum absolute atomic E-state index is 11.1. The van der Waals surface area contributed by atoms with Crippen LogP contribution in [0.5, 0.6) is 11.5 Å². The number of carbonyl (C=O) groups is 2. The SMILES string of the molecule is CC(C)=CCOc1cc2oc(=O)ccc2cc1O.CN1CCCC1CCOC(C)(c1ccccc1)c1ccc(Cl)cc1.O=C(O)C=CC(=O)O. The highest BCUT2D eigenvalue weighted by Gasteiger charge is 2.30. The van der Waals surface area contributed by atoms with Crippen LogP contribution in [0, 0.1) is 0 Å². The molecule has 50 heavy (non-hydrogen) atoms. The maximum Gasteiger partial charge on any atom is 0.336 e. The number of phenols is 1. The molecule has 1 aliphatic heterocycles. The highest BCUT2D eigenvalue weighted by Crippen LogP contribution is 2.35. The molecule has 0 saturated carbocycles. The summed E-state index contributed by atoms with van der Waals surface area (Å²) in [6, 6.07) is 25.0. The summed E-state index contributed by atoms with van der Waals surface area (Å²) in [4.78, 5) is 32.7. The van der Waals surface area contributed by atoms with Crippen molar-refractivity contribution in [3.63, 3.8) is 0 Å². The fourth-order valence-electron chi connectivity index (χ4n) is 5.24. The van der Waals surface area contributed by atoms with Crippen molar-refractivity contribution in [2.24, 2.45) is 0 Å². The first kappa shape index (κ1) is 39.5. The number of benzene rings is 3. The van der Waals surface area contributed by atoms with E-state index in [1.54, 1.807) is 6.07 Å². The van der Waals surface area contributed by atoms with Crippen molar-refractivity contribution >= 4 is 34.5 Å². The predicted molar refractivity (Wildman–Crippen MR) is 194 cm³/mol. The van der Waals surface area contributed by atoms with Gasteiger partial charge < -0.3 is 34.1 Å². The first-order chi connectivity index (χ1) is 23.8. The van der Waals surface area contributed by atoms with E-state index in [1.807, 2.05) is 38.1 Å². The Labute approximate surface area is 296 Å². The number of aliphatic carboxylic acids is 2. The van der Waals surface area contributed by atoms with Crippen molar-refractivity contribution in [3.05, 3.63) is 129 Å². The third-order valence-electron chi connectivity index (χ3n) is 8.03. The van der Waals surface area contributed by atoms with Gasteiger partial charge in [-0.25, -0.2) is 14.4 Å². The molecule has 2 unspecified atom stereocenters. The van der Waals surface area contributed by atoms with E-state index < -0.39 is 23.2 Å². The number of ether oxygens (including phenoxy) is 2. The lowest BCUT2D eigenvalue weighted by Crippen LogP contribution is -2.31. The predicted octanol–water partition coefficient (Wildman–Crippen LogP) is 7.66. The van der Waals surface area contributed by atoms with Gasteiger partial charge in [0.1, 0.15) is 17.8 Å². The molecule has 0 bridgehead atoms. The fraction of sp³-hybridized carbons (Fsp3) is 0.308. The standard InChI is InChI=1S/C21H26ClNO.C14H14O4.C4H4O4/c1-21(17-7-4-3-5-8-17,18-10-12-19(22)13-11-18)24-16-14-20-9-6-15-23(20)2;1-9(2)5-6-17-13-8-12-10(7-11(13)15)3-4-14(16)18-12;5-3(6)1-2-4(7)8/h3-5,7-8,10-13,20H,6,9,14-16H2,1-2H3;3-5,7-8,15H,6H2,1-2H3;1-2H,(H,5,6)(H,7,8). The summed E-state index contributed by atoms with van der Waals surface area (Å²) in [6.07, 6.45) is 6.67. The lowest BCUT2D eigenvalue weighted by Gasteiger charge is -2.32. The van der Waals surface area contributed by atoms with E-state index in [1.165, 1.54) is 43.1 Å². The molecule has 0 radical (unpaired) electrons. The Kier molecular flexibility index (Phi) is 15.3. The largest absolute Gasteiger partial charge is 0.504 e. The van der Waals surface area contributed by atoms with Gasteiger partial charge in [0, 0.05) is 47.3 Å². The van der Waals surface area contributed by atoms with Gasteiger partial charge in [-0.3, -0.25) is 0 Å². The smallest absolute Gasteiger partial charge is 0.336 e. The van der Waals surface area contributed by atoms with Crippen molar-refractivity contribution in [2.75, 3.05) is 26.8 Å². The molecule has 0 amide bonds. The molecule has 4 aromatic rings. The number of nitrogens with zero attached hydrogens (tertiary/aromatic N) is 1. The van der Waals surface area contributed by atoms with E-state index in [4.69, 9.17) is 35.7 Å². The summed E-state index contributed by atoms with van der Waals surface area (Å²) >= 11 is 6.07. The van der Waals surface area contributed by atoms with Gasteiger partial charge in [-0.1, -0.05) is 59.6 Å². The summed E-state index contributed by atoms with van der Waals surface area (Å²) in [6.45, 7) is 8.40. The molecule has 1 saturated heterocycles. The minimum atomic E-state index is -1.26. The summed E-state index contributed by atoms with van der Waals surface area (Å²) in [5.41, 5.74) is 2.95. The van der Waals surface area contributed by atoms with E-state index in [0.717, 1.165) is 29.2 Å². The van der Waals surface area contributed by atoms with Gasteiger partial charge in [-0.05, 0) is 95.1 Å². The van der Waals surface area contributed by atoms with Gasteiger partial charge in [0.15, 0.2) is 11.5 Å². The Balaban J connectivity index is 0.000000229. The summed E-state index contributed by atoms with van der Waals surface area (Å²) < 4.78 is 16.9. The van der Waals surface area contributed by atoms with Crippen molar-refractivity contribution in [1.82, 2.24) is 4.90 Å². The molecule has 0 spiro atoms. The molecule has 10 nitrogen and oxygen atoms in total. The van der Waals surface area contributed by atoms with E-state index in [-0.39, 0.29) is 5.75 Å². The first-order valence-corrected chi connectivity index (χ1v) is 16.5. The summed E-state index contributed by atoms with van der Waals surface area (Å²) in [7, 11) is 2.22. The third-order valence-corrected chi connectivity index (χ3v) is 8.28. The van der Waals surface area contributed by atoms with E-state index >= 15 is 0 Å². The highest BCUT2D eigenvalue weighted by molar-refractivity contribution is 6.30. The van der Waals surface area contributed by atoms with Crippen molar-refractivity contribution < 1.29 is 38.8 Å². The van der Waals surface area contributed by atoms with E-state index in [2.05, 4.69) is 55.3 Å². The third kappa shape index (κ3) is 12.5. The minimum absolute atomic E-state index is 0.0264. The van der Waals surface area contributed by atoms with Crippen LogP contribution in [-0.2, 0) is 19.9 Å². The molecule has 3 N–H and O–H groups in total. The number of likely N-dealkylation sites (tertiary alicyclic amines) is 1. The number of carboxylic acids is 2. The lowest BCUT2D eigenvalue weighted by atomic mass is 9.88. The first-order valence-electron chi connectivity index (χ1n) is 16.1. The topological polar surface area (TPSA) is 147 Å². The summed E-state index contributed by atoms with van der Waals surface area (Å²) in [5, 5.41) is 26.8. The Morgan fingerprint density at radius 3 is 2.20 bits per heavy atom. The van der Waals surface area contributed by atoms with Crippen molar-refractivity contribution in [1.29, 1.82) is 0 Å². The Morgan fingerprint density at radius 2 is 1.62 bits per heavy atom. The van der Waals surface area contributed by atoms with Crippen molar-refractivity contribution in [2.45, 2.75) is 51.7 Å². The molecule has 3 aromatic carbocycles. The molecule has 1 aliphatic rings. The van der Waals surface area contributed by atoms with Crippen LogP contribution in [0.3, 0.4) is 0 Å². The monoisotopic (exact) mass is 705 g/mol. The van der Waals surface area contributed by atoms with Gasteiger partial charge in [0.05, 0.1) is 0 Å². The number of hydrogen-bond donors (Lipinski definition) is 3. The average molecular weight is 706 g/mol. The van der Waals surface area contributed by atoms with Gasteiger partial charge in [0.2, 0.25) is 0 Å². The van der Waals surface area contributed by atoms with Crippen LogP contribution in [0.15, 0.2) is 112 Å². The zero-order chi connectivity index (χ0) is 36.7. The van der Waals surface area contributed by atoms with Crippen LogP contribution >= 0.6 is 11.6 Å². The molecular weight excluding hydrogens is 662 g/mol. The molecule has 1 fully saturated rings.